The smallest absolute Gasteiger partial charge is 0.352 e. The molecule has 0 saturated heterocycles. The van der Waals surface area contributed by atoms with Crippen molar-refractivity contribution in [1.82, 2.24) is 15.0 Å². The van der Waals surface area contributed by atoms with E-state index in [1.165, 1.54) is 4.57 Å². The Labute approximate surface area is 128 Å². The predicted octanol–water partition coefficient (Wildman–Crippen LogP) is 1.73. The first-order valence-corrected chi connectivity index (χ1v) is 7.48. The van der Waals surface area contributed by atoms with Crippen LogP contribution in [0.3, 0.4) is 0 Å². The van der Waals surface area contributed by atoms with Crippen LogP contribution in [0.2, 0.25) is 0 Å². The van der Waals surface area contributed by atoms with E-state index >= 15 is 0 Å². The monoisotopic (exact) mass is 301 g/mol. The minimum Gasteiger partial charge on any atom is -0.352 e. The summed E-state index contributed by atoms with van der Waals surface area (Å²) in [5.41, 5.74) is 1.76. The van der Waals surface area contributed by atoms with Crippen molar-refractivity contribution in [2.24, 2.45) is 5.92 Å². The Morgan fingerprint density at radius 2 is 2.18 bits per heavy atom. The summed E-state index contributed by atoms with van der Waals surface area (Å²) in [6.07, 6.45) is 2.31. The lowest BCUT2D eigenvalue weighted by Crippen LogP contribution is -2.38. The summed E-state index contributed by atoms with van der Waals surface area (Å²) in [4.78, 5) is 24.0. The van der Waals surface area contributed by atoms with Crippen molar-refractivity contribution in [3.8, 4) is 11.4 Å². The number of carbonyl (C=O) groups excluding carboxylic acids is 1. The molecule has 0 bridgehead atoms. The standard InChI is InChI=1S/C16H19N3O3/c1-10-5-3-4-6-13(10)15-18-22-16(21)19(15)9-14(20)17-11(2)12-7-8-12/h3-6,11-12H,7-9H2,1-2H3,(H,17,20). The fraction of sp³-hybridized carbons (Fsp3) is 0.438. The lowest BCUT2D eigenvalue weighted by molar-refractivity contribution is -0.122. The summed E-state index contributed by atoms with van der Waals surface area (Å²) in [6.45, 7) is 3.84. The van der Waals surface area contributed by atoms with Gasteiger partial charge in [-0.05, 0) is 38.2 Å². The van der Waals surface area contributed by atoms with Crippen molar-refractivity contribution < 1.29 is 9.32 Å². The van der Waals surface area contributed by atoms with E-state index in [0.717, 1.165) is 24.0 Å². The highest BCUT2D eigenvalue weighted by Gasteiger charge is 2.29. The van der Waals surface area contributed by atoms with Gasteiger partial charge < -0.3 is 5.32 Å². The summed E-state index contributed by atoms with van der Waals surface area (Å²) in [5, 5.41) is 6.75. The molecule has 1 aromatic carbocycles. The highest BCUT2D eigenvalue weighted by molar-refractivity contribution is 5.77. The zero-order valence-corrected chi connectivity index (χ0v) is 12.7. The van der Waals surface area contributed by atoms with Gasteiger partial charge in [0.15, 0.2) is 5.82 Å². The lowest BCUT2D eigenvalue weighted by Gasteiger charge is -2.13. The zero-order chi connectivity index (χ0) is 15.7. The second kappa shape index (κ2) is 5.79. The SMILES string of the molecule is Cc1ccccc1-c1noc(=O)n1CC(=O)NC(C)C1CC1. The van der Waals surface area contributed by atoms with Crippen molar-refractivity contribution in [3.63, 3.8) is 0 Å². The summed E-state index contributed by atoms with van der Waals surface area (Å²) >= 11 is 0. The van der Waals surface area contributed by atoms with E-state index in [0.29, 0.717) is 11.7 Å². The molecule has 0 aliphatic heterocycles. The molecule has 1 unspecified atom stereocenters. The van der Waals surface area contributed by atoms with Gasteiger partial charge in [0.05, 0.1) is 0 Å². The van der Waals surface area contributed by atoms with Gasteiger partial charge in [-0.1, -0.05) is 29.4 Å². The summed E-state index contributed by atoms with van der Waals surface area (Å²) in [5.74, 6) is 0.142. The van der Waals surface area contributed by atoms with Crippen LogP contribution < -0.4 is 11.1 Å². The van der Waals surface area contributed by atoms with Crippen LogP contribution in [0.25, 0.3) is 11.4 Å². The molecular weight excluding hydrogens is 282 g/mol. The molecule has 0 radical (unpaired) electrons. The van der Waals surface area contributed by atoms with E-state index in [4.69, 9.17) is 4.52 Å². The first kappa shape index (κ1) is 14.6. The third-order valence-electron chi connectivity index (χ3n) is 4.09. The van der Waals surface area contributed by atoms with Crippen molar-refractivity contribution in [2.45, 2.75) is 39.3 Å². The quantitative estimate of drug-likeness (QED) is 0.912. The number of benzene rings is 1. The summed E-state index contributed by atoms with van der Waals surface area (Å²) in [6, 6.07) is 7.69. The highest BCUT2D eigenvalue weighted by Crippen LogP contribution is 2.32. The molecule has 1 aliphatic rings. The van der Waals surface area contributed by atoms with Gasteiger partial charge >= 0.3 is 5.76 Å². The molecule has 1 amide bonds. The maximum Gasteiger partial charge on any atom is 0.442 e. The highest BCUT2D eigenvalue weighted by atomic mass is 16.5. The predicted molar refractivity (Wildman–Crippen MR) is 81.3 cm³/mol. The van der Waals surface area contributed by atoms with Crippen LogP contribution in [0.5, 0.6) is 0 Å². The first-order chi connectivity index (χ1) is 10.6. The molecule has 1 fully saturated rings. The van der Waals surface area contributed by atoms with Crippen LogP contribution in [-0.4, -0.2) is 21.7 Å². The number of nitrogens with zero attached hydrogens (tertiary/aromatic N) is 2. The molecule has 1 aromatic heterocycles. The number of carbonyl (C=O) groups is 1. The molecule has 116 valence electrons. The fourth-order valence-electron chi connectivity index (χ4n) is 2.58. The fourth-order valence-corrected chi connectivity index (χ4v) is 2.58. The number of amides is 1. The Morgan fingerprint density at radius 3 is 2.86 bits per heavy atom. The van der Waals surface area contributed by atoms with Crippen molar-refractivity contribution in [2.75, 3.05) is 0 Å². The number of aromatic nitrogens is 2. The first-order valence-electron chi connectivity index (χ1n) is 7.48. The number of nitrogens with one attached hydrogen (secondary N) is 1. The van der Waals surface area contributed by atoms with Gasteiger partial charge in [0.2, 0.25) is 5.91 Å². The van der Waals surface area contributed by atoms with Crippen LogP contribution in [-0.2, 0) is 11.3 Å². The number of rotatable bonds is 5. The van der Waals surface area contributed by atoms with Crippen LogP contribution in [0.15, 0.2) is 33.6 Å². The largest absolute Gasteiger partial charge is 0.442 e. The molecular formula is C16H19N3O3. The van der Waals surface area contributed by atoms with Crippen molar-refractivity contribution in [1.29, 1.82) is 0 Å². The molecule has 6 nitrogen and oxygen atoms in total. The van der Waals surface area contributed by atoms with E-state index in [9.17, 15) is 9.59 Å². The molecule has 2 aromatic rings. The molecule has 22 heavy (non-hydrogen) atoms. The Balaban J connectivity index is 1.82. The number of hydrogen-bond donors (Lipinski definition) is 1. The van der Waals surface area contributed by atoms with Gasteiger partial charge in [0.25, 0.3) is 0 Å². The van der Waals surface area contributed by atoms with Gasteiger partial charge in [0.1, 0.15) is 6.54 Å². The Kier molecular flexibility index (Phi) is 3.83. The summed E-state index contributed by atoms with van der Waals surface area (Å²) < 4.78 is 6.02. The third kappa shape index (κ3) is 2.95. The van der Waals surface area contributed by atoms with Gasteiger partial charge in [-0.15, -0.1) is 0 Å². The third-order valence-corrected chi connectivity index (χ3v) is 4.09. The van der Waals surface area contributed by atoms with Crippen molar-refractivity contribution >= 4 is 5.91 Å². The summed E-state index contributed by atoms with van der Waals surface area (Å²) in [7, 11) is 0. The maximum atomic E-state index is 12.1. The van der Waals surface area contributed by atoms with Crippen LogP contribution in [0.1, 0.15) is 25.3 Å². The molecule has 0 spiro atoms. The molecule has 1 atom stereocenters. The van der Waals surface area contributed by atoms with E-state index in [1.54, 1.807) is 0 Å². The molecule has 3 rings (SSSR count). The molecule has 1 heterocycles. The molecule has 1 saturated carbocycles. The Bertz CT molecular complexity index is 743. The van der Waals surface area contributed by atoms with E-state index in [2.05, 4.69) is 10.5 Å². The second-order valence-corrected chi connectivity index (χ2v) is 5.87. The molecule has 1 aliphatic carbocycles. The van der Waals surface area contributed by atoms with Crippen molar-refractivity contribution in [3.05, 3.63) is 40.4 Å². The minimum atomic E-state index is -0.618. The Morgan fingerprint density at radius 1 is 1.45 bits per heavy atom. The topological polar surface area (TPSA) is 77.1 Å². The maximum absolute atomic E-state index is 12.1. The van der Waals surface area contributed by atoms with Crippen LogP contribution >= 0.6 is 0 Å². The van der Waals surface area contributed by atoms with Crippen LogP contribution in [0, 0.1) is 12.8 Å². The van der Waals surface area contributed by atoms with E-state index in [1.807, 2.05) is 38.1 Å². The number of hydrogen-bond acceptors (Lipinski definition) is 4. The second-order valence-electron chi connectivity index (χ2n) is 5.87. The Hall–Kier alpha value is -2.37. The average Bonchev–Trinajstić information content (AvgIpc) is 3.27. The molecule has 6 heteroatoms. The van der Waals surface area contributed by atoms with Gasteiger partial charge in [0, 0.05) is 11.6 Å². The van der Waals surface area contributed by atoms with Crippen LogP contribution in [0.4, 0.5) is 0 Å². The van der Waals surface area contributed by atoms with E-state index < -0.39 is 5.76 Å². The average molecular weight is 301 g/mol. The number of aryl methyl sites for hydroxylation is 1. The minimum absolute atomic E-state index is 0.0803. The lowest BCUT2D eigenvalue weighted by atomic mass is 10.1. The van der Waals surface area contributed by atoms with Gasteiger partial charge in [-0.25, -0.2) is 9.36 Å². The van der Waals surface area contributed by atoms with Gasteiger partial charge in [-0.3, -0.25) is 9.32 Å². The van der Waals surface area contributed by atoms with E-state index in [-0.39, 0.29) is 18.5 Å². The molecule has 1 N–H and O–H groups in total. The zero-order valence-electron chi connectivity index (χ0n) is 12.7. The normalized spacial score (nSPS) is 15.5. The van der Waals surface area contributed by atoms with Gasteiger partial charge in [-0.2, -0.15) is 0 Å².